The molecule has 3 aromatic rings. The molecule has 6 heteroatoms. The average molecular weight is 433 g/mol. The Hall–Kier alpha value is -2.83. The van der Waals surface area contributed by atoms with Gasteiger partial charge < -0.3 is 0 Å². The van der Waals surface area contributed by atoms with Gasteiger partial charge in [-0.3, -0.25) is 9.78 Å². The summed E-state index contributed by atoms with van der Waals surface area (Å²) in [5.74, 6) is 0.147. The second-order valence-electron chi connectivity index (χ2n) is 8.50. The second kappa shape index (κ2) is 7.70. The number of allylic oxidation sites excluding steroid dienone is 1. The number of carbonyl (C=O) groups excluding carboxylic acids is 1. The van der Waals surface area contributed by atoms with Crippen LogP contribution < -0.4 is 0 Å². The second-order valence-corrected chi connectivity index (χ2v) is 10.4. The van der Waals surface area contributed by atoms with Gasteiger partial charge in [-0.15, -0.1) is 0 Å². The van der Waals surface area contributed by atoms with Gasteiger partial charge >= 0.3 is 0 Å². The minimum atomic E-state index is -3.72. The molecule has 0 radical (unpaired) electrons. The molecular formula is C25H24N2O3S. The summed E-state index contributed by atoms with van der Waals surface area (Å²) in [7, 11) is -3.72. The van der Waals surface area contributed by atoms with Gasteiger partial charge in [-0.1, -0.05) is 54.1 Å². The summed E-state index contributed by atoms with van der Waals surface area (Å²) in [5.41, 5.74) is 2.41. The predicted molar refractivity (Wildman–Crippen MR) is 120 cm³/mol. The Kier molecular flexibility index (Phi) is 4.99. The molecule has 5 rings (SSSR count). The van der Waals surface area contributed by atoms with E-state index >= 15 is 0 Å². The molecule has 0 bridgehead atoms. The Morgan fingerprint density at radius 2 is 1.77 bits per heavy atom. The summed E-state index contributed by atoms with van der Waals surface area (Å²) in [4.78, 5) is 16.7. The topological polar surface area (TPSA) is 67.3 Å². The standard InChI is InChI=1S/C25H24N2O3S/c28-22-11-13-25(17-19-6-2-1-3-7-19)18-27(15-12-21(25)16-22)31(29,30)23-10-4-8-20-9-5-14-26-24(20)23/h1-10,14,16H,11-13,15,17-18H2. The Morgan fingerprint density at radius 1 is 0.968 bits per heavy atom. The molecule has 1 aromatic heterocycles. The Balaban J connectivity index is 1.55. The van der Waals surface area contributed by atoms with Crippen LogP contribution in [0.2, 0.25) is 0 Å². The van der Waals surface area contributed by atoms with Crippen LogP contribution in [0.15, 0.2) is 83.4 Å². The smallest absolute Gasteiger partial charge is 0.245 e. The van der Waals surface area contributed by atoms with Gasteiger partial charge in [0.25, 0.3) is 0 Å². The third-order valence-electron chi connectivity index (χ3n) is 6.57. The van der Waals surface area contributed by atoms with Gasteiger partial charge in [0, 0.05) is 36.5 Å². The molecule has 1 saturated heterocycles. The highest BCUT2D eigenvalue weighted by atomic mass is 32.2. The summed E-state index contributed by atoms with van der Waals surface area (Å²) in [6.45, 7) is 0.758. The molecule has 1 aliphatic heterocycles. The molecule has 1 atom stereocenters. The van der Waals surface area contributed by atoms with Crippen LogP contribution in [0, 0.1) is 5.41 Å². The Morgan fingerprint density at radius 3 is 2.61 bits per heavy atom. The molecule has 0 saturated carbocycles. The van der Waals surface area contributed by atoms with E-state index in [0.29, 0.717) is 37.9 Å². The maximum absolute atomic E-state index is 13.7. The summed E-state index contributed by atoms with van der Waals surface area (Å²) >= 11 is 0. The molecule has 2 heterocycles. The zero-order valence-corrected chi connectivity index (χ0v) is 18.0. The molecule has 158 valence electrons. The van der Waals surface area contributed by atoms with Crippen molar-refractivity contribution in [3.8, 4) is 0 Å². The lowest BCUT2D eigenvalue weighted by molar-refractivity contribution is -0.116. The van der Waals surface area contributed by atoms with Crippen molar-refractivity contribution in [3.05, 3.63) is 84.1 Å². The molecule has 1 aliphatic carbocycles. The highest BCUT2D eigenvalue weighted by Gasteiger charge is 2.45. The van der Waals surface area contributed by atoms with Crippen LogP contribution in [0.3, 0.4) is 0 Å². The van der Waals surface area contributed by atoms with Gasteiger partial charge in [0.05, 0.1) is 5.52 Å². The van der Waals surface area contributed by atoms with Crippen molar-refractivity contribution in [2.75, 3.05) is 13.1 Å². The first-order valence-corrected chi connectivity index (χ1v) is 12.0. The van der Waals surface area contributed by atoms with Crippen molar-refractivity contribution >= 4 is 26.7 Å². The molecule has 1 fully saturated rings. The first kappa shape index (κ1) is 20.1. The van der Waals surface area contributed by atoms with Gasteiger partial charge in [0.15, 0.2) is 5.78 Å². The fourth-order valence-electron chi connectivity index (χ4n) is 5.00. The van der Waals surface area contributed by atoms with E-state index in [9.17, 15) is 13.2 Å². The van der Waals surface area contributed by atoms with Crippen LogP contribution in [-0.2, 0) is 21.2 Å². The van der Waals surface area contributed by atoms with Crippen LogP contribution in [-0.4, -0.2) is 36.6 Å². The van der Waals surface area contributed by atoms with Crippen LogP contribution >= 0.6 is 0 Å². The number of hydrogen-bond donors (Lipinski definition) is 0. The molecule has 2 aliphatic rings. The number of sulfonamides is 1. The summed E-state index contributed by atoms with van der Waals surface area (Å²) < 4.78 is 29.1. The average Bonchev–Trinajstić information content (AvgIpc) is 2.79. The number of ketones is 1. The first-order valence-electron chi connectivity index (χ1n) is 10.6. The van der Waals surface area contributed by atoms with Crippen molar-refractivity contribution in [3.63, 3.8) is 0 Å². The minimum absolute atomic E-state index is 0.147. The number of hydrogen-bond acceptors (Lipinski definition) is 4. The normalized spacial score (nSPS) is 22.2. The Labute approximate surface area is 182 Å². The fraction of sp³-hybridized carbons (Fsp3) is 0.280. The lowest BCUT2D eigenvalue weighted by atomic mass is 9.66. The van der Waals surface area contributed by atoms with E-state index in [1.54, 1.807) is 28.7 Å². The predicted octanol–water partition coefficient (Wildman–Crippen LogP) is 4.15. The number of fused-ring (bicyclic) bond motifs is 2. The highest BCUT2D eigenvalue weighted by molar-refractivity contribution is 7.89. The van der Waals surface area contributed by atoms with Gasteiger partial charge in [0.2, 0.25) is 10.0 Å². The molecule has 0 amide bonds. The van der Waals surface area contributed by atoms with E-state index in [1.807, 2.05) is 36.4 Å². The van der Waals surface area contributed by atoms with E-state index in [2.05, 4.69) is 17.1 Å². The SMILES string of the molecule is O=C1C=C2CCN(S(=O)(=O)c3cccc4cccnc34)CC2(Cc2ccccc2)CC1. The van der Waals surface area contributed by atoms with Gasteiger partial charge in [-0.2, -0.15) is 4.31 Å². The van der Waals surface area contributed by atoms with Crippen molar-refractivity contribution in [2.45, 2.75) is 30.6 Å². The lowest BCUT2D eigenvalue weighted by Crippen LogP contribution is -2.49. The number of benzene rings is 2. The quantitative estimate of drug-likeness (QED) is 0.621. The lowest BCUT2D eigenvalue weighted by Gasteiger charge is -2.46. The van der Waals surface area contributed by atoms with E-state index < -0.39 is 10.0 Å². The number of aromatic nitrogens is 1. The molecule has 0 spiro atoms. The fourth-order valence-corrected chi connectivity index (χ4v) is 6.69. The maximum Gasteiger partial charge on any atom is 0.245 e. The number of piperidine rings is 1. The summed E-state index contributed by atoms with van der Waals surface area (Å²) in [6, 6.07) is 19.1. The van der Waals surface area contributed by atoms with Crippen LogP contribution in [0.25, 0.3) is 10.9 Å². The van der Waals surface area contributed by atoms with Crippen molar-refractivity contribution in [1.29, 1.82) is 0 Å². The monoisotopic (exact) mass is 432 g/mol. The number of carbonyl (C=O) groups is 1. The van der Waals surface area contributed by atoms with Crippen molar-refractivity contribution in [1.82, 2.24) is 9.29 Å². The molecule has 1 unspecified atom stereocenters. The van der Waals surface area contributed by atoms with E-state index in [4.69, 9.17) is 0 Å². The van der Waals surface area contributed by atoms with Gasteiger partial charge in [-0.25, -0.2) is 8.42 Å². The first-order chi connectivity index (χ1) is 15.0. The molecule has 31 heavy (non-hydrogen) atoms. The number of nitrogens with zero attached hydrogens (tertiary/aromatic N) is 2. The third kappa shape index (κ3) is 3.60. The Bertz CT molecular complexity index is 1280. The minimum Gasteiger partial charge on any atom is -0.295 e. The van der Waals surface area contributed by atoms with Crippen molar-refractivity contribution in [2.24, 2.45) is 5.41 Å². The molecular weight excluding hydrogens is 408 g/mol. The molecule has 2 aromatic carbocycles. The third-order valence-corrected chi connectivity index (χ3v) is 8.45. The highest BCUT2D eigenvalue weighted by Crippen LogP contribution is 2.46. The van der Waals surface area contributed by atoms with Gasteiger partial charge in [-0.05, 0) is 43.0 Å². The van der Waals surface area contributed by atoms with Crippen LogP contribution in [0.4, 0.5) is 0 Å². The largest absolute Gasteiger partial charge is 0.295 e. The van der Waals surface area contributed by atoms with Crippen molar-refractivity contribution < 1.29 is 13.2 Å². The number of para-hydroxylation sites is 1. The van der Waals surface area contributed by atoms with E-state index in [0.717, 1.165) is 22.9 Å². The number of rotatable bonds is 4. The molecule has 0 N–H and O–H groups in total. The number of pyridine rings is 1. The summed E-state index contributed by atoms with van der Waals surface area (Å²) in [5, 5.41) is 0.809. The van der Waals surface area contributed by atoms with Gasteiger partial charge in [0.1, 0.15) is 4.90 Å². The zero-order valence-electron chi connectivity index (χ0n) is 17.2. The summed E-state index contributed by atoms with van der Waals surface area (Å²) in [6.07, 6.45) is 5.84. The molecule has 5 nitrogen and oxygen atoms in total. The maximum atomic E-state index is 13.7. The van der Waals surface area contributed by atoms with E-state index in [1.165, 1.54) is 0 Å². The van der Waals surface area contributed by atoms with Crippen LogP contribution in [0.5, 0.6) is 0 Å². The van der Waals surface area contributed by atoms with Crippen LogP contribution in [0.1, 0.15) is 24.8 Å². The van der Waals surface area contributed by atoms with E-state index in [-0.39, 0.29) is 16.1 Å². The zero-order chi connectivity index (χ0) is 21.5.